The summed E-state index contributed by atoms with van der Waals surface area (Å²) < 4.78 is 87.2. The largest absolute Gasteiger partial charge is 0.861 e. The SMILES string of the molecule is CN(C)CC1CCC([n+]2cc(NC(=O)Nc3cc(N=C([O-])Cc4ccccc4C(F)(F)F)cc(C(F)(F)F)c3)on2)CC1. The standard InChI is InChI=1S/C28H30F6N6O3/c1-39(2)15-17-7-9-22(10-8-17)40-16-25(43-38-40)37-26(42)36-21-13-19(27(29,30)31)12-20(14-21)35-24(41)11-18-5-3-4-6-23(18)28(32,33)34/h3-6,12-14,16-17,22H,7-11,15H2,1-2H3,(H2-,35,36,37,38,41,42). The number of alkyl halides is 6. The monoisotopic (exact) mass is 612 g/mol. The Labute approximate surface area is 243 Å². The third kappa shape index (κ3) is 8.92. The van der Waals surface area contributed by atoms with Gasteiger partial charge >= 0.3 is 24.3 Å². The predicted octanol–water partition coefficient (Wildman–Crippen LogP) is 5.57. The highest BCUT2D eigenvalue weighted by atomic mass is 19.4. The van der Waals surface area contributed by atoms with Crippen LogP contribution in [0, 0.1) is 5.92 Å². The lowest BCUT2D eigenvalue weighted by molar-refractivity contribution is -0.787. The molecule has 15 heteroatoms. The third-order valence-electron chi connectivity index (χ3n) is 6.95. The van der Waals surface area contributed by atoms with Gasteiger partial charge < -0.3 is 15.3 Å². The van der Waals surface area contributed by atoms with Gasteiger partial charge in [-0.05, 0) is 73.3 Å². The van der Waals surface area contributed by atoms with E-state index in [-0.39, 0.29) is 23.2 Å². The average molecular weight is 613 g/mol. The number of rotatable bonds is 8. The molecule has 1 saturated carbocycles. The Balaban J connectivity index is 1.45. The van der Waals surface area contributed by atoms with Gasteiger partial charge in [0.15, 0.2) is 6.04 Å². The molecule has 0 atom stereocenters. The minimum atomic E-state index is -4.87. The van der Waals surface area contributed by atoms with Crippen LogP contribution >= 0.6 is 0 Å². The van der Waals surface area contributed by atoms with Crippen molar-refractivity contribution in [2.45, 2.75) is 50.5 Å². The number of carbonyl (C=O) groups excluding carboxylic acids is 1. The maximum absolute atomic E-state index is 13.6. The fourth-order valence-electron chi connectivity index (χ4n) is 5.08. The zero-order chi connectivity index (χ0) is 31.4. The lowest BCUT2D eigenvalue weighted by Crippen LogP contribution is -2.43. The molecule has 4 rings (SSSR count). The van der Waals surface area contributed by atoms with Gasteiger partial charge in [-0.1, -0.05) is 18.2 Å². The lowest BCUT2D eigenvalue weighted by Gasteiger charge is -2.26. The van der Waals surface area contributed by atoms with Crippen LogP contribution in [-0.2, 0) is 18.8 Å². The molecular formula is C28H30F6N6O3. The molecule has 1 heterocycles. The number of aliphatic imine (C=N–C) groups is 1. The molecule has 2 amide bonds. The Morgan fingerprint density at radius 2 is 1.74 bits per heavy atom. The maximum atomic E-state index is 13.6. The van der Waals surface area contributed by atoms with Gasteiger partial charge in [0.1, 0.15) is 0 Å². The van der Waals surface area contributed by atoms with Gasteiger partial charge in [-0.2, -0.15) is 26.3 Å². The topological polar surface area (TPSA) is 110 Å². The minimum absolute atomic E-state index is 0.0386. The number of nitrogens with zero attached hydrogens (tertiary/aromatic N) is 4. The van der Waals surface area contributed by atoms with Crippen molar-refractivity contribution < 1.29 is 45.4 Å². The number of aromatic nitrogens is 2. The molecule has 232 valence electrons. The molecule has 43 heavy (non-hydrogen) atoms. The molecule has 0 spiro atoms. The highest BCUT2D eigenvalue weighted by Gasteiger charge is 2.34. The van der Waals surface area contributed by atoms with Crippen LogP contribution in [0.5, 0.6) is 0 Å². The fourth-order valence-corrected chi connectivity index (χ4v) is 5.08. The molecule has 2 aromatic carbocycles. The summed E-state index contributed by atoms with van der Waals surface area (Å²) >= 11 is 0. The van der Waals surface area contributed by atoms with E-state index in [9.17, 15) is 36.2 Å². The molecular weight excluding hydrogens is 582 g/mol. The Morgan fingerprint density at radius 3 is 2.40 bits per heavy atom. The normalized spacial score (nSPS) is 18.1. The molecule has 0 aliphatic heterocycles. The van der Waals surface area contributed by atoms with E-state index < -0.39 is 47.5 Å². The summed E-state index contributed by atoms with van der Waals surface area (Å²) in [6.07, 6.45) is -5.15. The van der Waals surface area contributed by atoms with Crippen molar-refractivity contribution in [1.29, 1.82) is 0 Å². The van der Waals surface area contributed by atoms with Crippen molar-refractivity contribution >= 4 is 29.2 Å². The van der Waals surface area contributed by atoms with E-state index in [0.29, 0.717) is 18.1 Å². The van der Waals surface area contributed by atoms with Gasteiger partial charge in [0.05, 0.1) is 16.8 Å². The fraction of sp³-hybridized carbons (Fsp3) is 0.429. The number of hydrogen-bond acceptors (Lipinski definition) is 6. The smallest absolute Gasteiger partial charge is 0.416 e. The summed E-state index contributed by atoms with van der Waals surface area (Å²) in [5.41, 5.74) is -3.51. The van der Waals surface area contributed by atoms with Crippen molar-refractivity contribution in [2.75, 3.05) is 31.3 Å². The van der Waals surface area contributed by atoms with Crippen LogP contribution in [-0.4, -0.2) is 42.7 Å². The highest BCUT2D eigenvalue weighted by Crippen LogP contribution is 2.35. The van der Waals surface area contributed by atoms with Gasteiger partial charge in [-0.3, -0.25) is 14.8 Å². The molecule has 0 unspecified atom stereocenters. The molecule has 9 nitrogen and oxygen atoms in total. The van der Waals surface area contributed by atoms with Gasteiger partial charge in [0.2, 0.25) is 5.27 Å². The van der Waals surface area contributed by atoms with E-state index in [1.807, 2.05) is 14.1 Å². The summed E-state index contributed by atoms with van der Waals surface area (Å²) in [7, 11) is 4.05. The zero-order valence-corrected chi connectivity index (χ0v) is 23.3. The van der Waals surface area contributed by atoms with E-state index in [4.69, 9.17) is 4.52 Å². The number of benzene rings is 2. The van der Waals surface area contributed by atoms with Gasteiger partial charge in [0.25, 0.3) is 6.20 Å². The second-order valence-corrected chi connectivity index (χ2v) is 10.7. The average Bonchev–Trinajstić information content (AvgIpc) is 3.36. The van der Waals surface area contributed by atoms with Crippen LogP contribution in [0.3, 0.4) is 0 Å². The number of carbonyl (C=O) groups is 1. The lowest BCUT2D eigenvalue weighted by atomic mass is 9.86. The summed E-state index contributed by atoms with van der Waals surface area (Å²) in [5.74, 6) is -0.561. The number of halogens is 6. The van der Waals surface area contributed by atoms with E-state index in [0.717, 1.165) is 56.5 Å². The number of nitrogens with one attached hydrogen (secondary N) is 2. The van der Waals surface area contributed by atoms with Crippen LogP contribution in [0.4, 0.5) is 48.4 Å². The van der Waals surface area contributed by atoms with Crippen molar-refractivity contribution in [3.05, 3.63) is 65.4 Å². The Kier molecular flexibility index (Phi) is 9.62. The second-order valence-electron chi connectivity index (χ2n) is 10.7. The summed E-state index contributed by atoms with van der Waals surface area (Å²) in [6, 6.07) is 5.65. The van der Waals surface area contributed by atoms with Crippen molar-refractivity contribution in [1.82, 2.24) is 10.2 Å². The van der Waals surface area contributed by atoms with Crippen molar-refractivity contribution in [2.24, 2.45) is 10.9 Å². The van der Waals surface area contributed by atoms with Crippen molar-refractivity contribution in [3.8, 4) is 0 Å². The molecule has 0 radical (unpaired) electrons. The van der Waals surface area contributed by atoms with Crippen molar-refractivity contribution in [3.63, 3.8) is 0 Å². The Hall–Kier alpha value is -4.14. The number of hydrogen-bond donors (Lipinski definition) is 2. The van der Waals surface area contributed by atoms with Crippen LogP contribution in [0.2, 0.25) is 0 Å². The van der Waals surface area contributed by atoms with E-state index in [2.05, 4.69) is 25.8 Å². The molecule has 1 aliphatic carbocycles. The van der Waals surface area contributed by atoms with Gasteiger partial charge in [0, 0.05) is 31.5 Å². The molecule has 1 aromatic heterocycles. The van der Waals surface area contributed by atoms with E-state index in [1.54, 1.807) is 4.68 Å². The minimum Gasteiger partial charge on any atom is -0.861 e. The van der Waals surface area contributed by atoms with Gasteiger partial charge in [-0.25, -0.2) is 4.79 Å². The molecule has 1 fully saturated rings. The van der Waals surface area contributed by atoms with Crippen LogP contribution < -0.4 is 20.4 Å². The summed E-state index contributed by atoms with van der Waals surface area (Å²) in [4.78, 5) is 18.3. The van der Waals surface area contributed by atoms with E-state index >= 15 is 0 Å². The first kappa shape index (κ1) is 31.8. The molecule has 0 saturated heterocycles. The predicted molar refractivity (Wildman–Crippen MR) is 143 cm³/mol. The first-order chi connectivity index (χ1) is 20.2. The molecule has 1 aliphatic rings. The number of urea groups is 1. The Morgan fingerprint density at radius 1 is 1.05 bits per heavy atom. The third-order valence-corrected chi connectivity index (χ3v) is 6.95. The molecule has 0 bridgehead atoms. The van der Waals surface area contributed by atoms with E-state index in [1.165, 1.54) is 12.3 Å². The van der Waals surface area contributed by atoms with Crippen LogP contribution in [0.25, 0.3) is 0 Å². The van der Waals surface area contributed by atoms with Gasteiger partial charge in [-0.15, -0.1) is 0 Å². The highest BCUT2D eigenvalue weighted by molar-refractivity contribution is 5.99. The maximum Gasteiger partial charge on any atom is 0.416 e. The Bertz CT molecular complexity index is 1450. The first-order valence-electron chi connectivity index (χ1n) is 13.4. The summed E-state index contributed by atoms with van der Waals surface area (Å²) in [6.45, 7) is 0.994. The zero-order valence-electron chi connectivity index (χ0n) is 23.3. The first-order valence-corrected chi connectivity index (χ1v) is 13.4. The second kappa shape index (κ2) is 13.0. The molecule has 3 aromatic rings. The summed E-state index contributed by atoms with van der Waals surface area (Å²) in [5, 5.41) is 21.0. The number of amides is 2. The number of anilines is 2. The quantitative estimate of drug-likeness (QED) is 0.150. The van der Waals surface area contributed by atoms with Crippen LogP contribution in [0.1, 0.15) is 48.4 Å². The molecule has 2 N–H and O–H groups in total. The van der Waals surface area contributed by atoms with Crippen LogP contribution in [0.15, 0.2) is 58.2 Å².